The molecular weight excluding hydrogens is 534 g/mol. The molecule has 2 saturated heterocycles. The molecule has 15 atom stereocenters. The van der Waals surface area contributed by atoms with E-state index in [9.17, 15) is 30.6 Å². The average Bonchev–Trinajstić information content (AvgIpc) is 2.93. The molecule has 0 radical (unpaired) electrons. The van der Waals surface area contributed by atoms with Crippen LogP contribution in [0.3, 0.4) is 0 Å². The van der Waals surface area contributed by atoms with Crippen LogP contribution in [0.25, 0.3) is 0 Å². The molecule has 0 bridgehead atoms. The van der Waals surface area contributed by atoms with Crippen LogP contribution in [0.15, 0.2) is 0 Å². The van der Waals surface area contributed by atoms with Gasteiger partial charge in [0.25, 0.3) is 0 Å². The highest BCUT2D eigenvalue weighted by Gasteiger charge is 2.50. The summed E-state index contributed by atoms with van der Waals surface area (Å²) in [4.78, 5) is 0. The number of aliphatic hydroxyl groups excluding tert-OH is 7. The summed E-state index contributed by atoms with van der Waals surface area (Å²) in [5.74, 6) is -0.421. The summed E-state index contributed by atoms with van der Waals surface area (Å²) in [6.07, 6.45) is -11.0. The molecular formula is C24H49N5O11. The fourth-order valence-corrected chi connectivity index (χ4v) is 5.60. The molecule has 16 N–H and O–H groups in total. The molecule has 0 amide bonds. The summed E-state index contributed by atoms with van der Waals surface area (Å²) < 4.78 is 23.7. The van der Waals surface area contributed by atoms with Crippen molar-refractivity contribution in [2.45, 2.75) is 111 Å². The van der Waals surface area contributed by atoms with Gasteiger partial charge in [-0.3, -0.25) is 0 Å². The second kappa shape index (κ2) is 15.7. The van der Waals surface area contributed by atoms with Gasteiger partial charge in [-0.15, -0.1) is 0 Å². The predicted molar refractivity (Wildman–Crippen MR) is 139 cm³/mol. The largest absolute Gasteiger partial charge is 0.395 e. The minimum Gasteiger partial charge on any atom is -0.395 e. The van der Waals surface area contributed by atoms with Gasteiger partial charge in [-0.25, -0.2) is 0 Å². The average molecular weight is 584 g/mol. The van der Waals surface area contributed by atoms with E-state index in [1.807, 2.05) is 0 Å². The zero-order chi connectivity index (χ0) is 29.6. The normalized spacial score (nSPS) is 45.4. The van der Waals surface area contributed by atoms with E-state index in [4.69, 9.17) is 47.0 Å². The van der Waals surface area contributed by atoms with E-state index in [-0.39, 0.29) is 32.5 Å². The van der Waals surface area contributed by atoms with Crippen molar-refractivity contribution in [2.75, 3.05) is 32.8 Å². The first kappa shape index (κ1) is 33.9. The number of ether oxygens (including phenoxy) is 4. The Morgan fingerprint density at radius 2 is 1.52 bits per heavy atom. The maximum absolute atomic E-state index is 11.5. The van der Waals surface area contributed by atoms with Crippen molar-refractivity contribution in [1.29, 1.82) is 0 Å². The SMILES string of the molecule is NCC(O)CC[C@@H]1C[C@H](N)[C@@H](O[C@H]2O[C@H](CNCCO)[C@@H](O)C[C@H]2N)[C@H](O)[C@H]1O[C@H]1O[C@H](CO)[C@@H](O)[C@H](N)[C@H]1O. The minimum atomic E-state index is -1.47. The van der Waals surface area contributed by atoms with Crippen molar-refractivity contribution in [2.24, 2.45) is 28.9 Å². The monoisotopic (exact) mass is 583 g/mol. The number of hydrogen-bond donors (Lipinski definition) is 12. The number of hydrogen-bond acceptors (Lipinski definition) is 16. The van der Waals surface area contributed by atoms with Gasteiger partial charge in [0.2, 0.25) is 0 Å². The lowest BCUT2D eigenvalue weighted by Gasteiger charge is -2.48. The van der Waals surface area contributed by atoms with Crippen molar-refractivity contribution < 1.29 is 54.7 Å². The zero-order valence-corrected chi connectivity index (χ0v) is 22.6. The summed E-state index contributed by atoms with van der Waals surface area (Å²) in [7, 11) is 0. The Kier molecular flexibility index (Phi) is 13.3. The van der Waals surface area contributed by atoms with Crippen molar-refractivity contribution in [1.82, 2.24) is 5.32 Å². The number of rotatable bonds is 13. The molecule has 2 aliphatic heterocycles. The van der Waals surface area contributed by atoms with Crippen molar-refractivity contribution in [3.05, 3.63) is 0 Å². The highest BCUT2D eigenvalue weighted by molar-refractivity contribution is 4.99. The topological polar surface area (TPSA) is 295 Å². The Morgan fingerprint density at radius 1 is 0.850 bits per heavy atom. The third-order valence-corrected chi connectivity index (χ3v) is 8.03. The minimum absolute atomic E-state index is 0.0467. The first-order chi connectivity index (χ1) is 19.0. The van der Waals surface area contributed by atoms with Crippen LogP contribution in [0.1, 0.15) is 25.7 Å². The molecule has 3 aliphatic rings. The van der Waals surface area contributed by atoms with Crippen LogP contribution in [0.2, 0.25) is 0 Å². The van der Waals surface area contributed by atoms with Crippen molar-refractivity contribution in [3.63, 3.8) is 0 Å². The summed E-state index contributed by atoms with van der Waals surface area (Å²) in [5.41, 5.74) is 24.1. The van der Waals surface area contributed by atoms with Crippen LogP contribution in [0, 0.1) is 5.92 Å². The second-order valence-corrected chi connectivity index (χ2v) is 11.0. The Hall–Kier alpha value is -0.640. The third-order valence-electron chi connectivity index (χ3n) is 8.03. The van der Waals surface area contributed by atoms with Gasteiger partial charge in [-0.05, 0) is 31.6 Å². The number of nitrogens with two attached hydrogens (primary N) is 4. The van der Waals surface area contributed by atoms with E-state index < -0.39 is 98.2 Å². The van der Waals surface area contributed by atoms with E-state index in [2.05, 4.69) is 5.32 Å². The fourth-order valence-electron chi connectivity index (χ4n) is 5.60. The summed E-state index contributed by atoms with van der Waals surface area (Å²) in [5, 5.41) is 74.3. The molecule has 0 spiro atoms. The highest BCUT2D eigenvalue weighted by Crippen LogP contribution is 2.36. The van der Waals surface area contributed by atoms with Crippen LogP contribution >= 0.6 is 0 Å². The van der Waals surface area contributed by atoms with Crippen LogP contribution in [0.4, 0.5) is 0 Å². The molecule has 2 heterocycles. The maximum Gasteiger partial charge on any atom is 0.186 e. The summed E-state index contributed by atoms with van der Waals surface area (Å²) >= 11 is 0. The molecule has 3 rings (SSSR count). The summed E-state index contributed by atoms with van der Waals surface area (Å²) in [6, 6.07) is -2.61. The van der Waals surface area contributed by atoms with Crippen molar-refractivity contribution >= 4 is 0 Å². The lowest BCUT2D eigenvalue weighted by atomic mass is 9.77. The molecule has 1 aliphatic carbocycles. The molecule has 0 aromatic heterocycles. The van der Waals surface area contributed by atoms with Gasteiger partial charge >= 0.3 is 0 Å². The first-order valence-corrected chi connectivity index (χ1v) is 13.9. The number of nitrogens with one attached hydrogen (secondary N) is 1. The Labute approximate surface area is 233 Å². The van der Waals surface area contributed by atoms with Crippen LogP contribution < -0.4 is 28.3 Å². The second-order valence-electron chi connectivity index (χ2n) is 11.0. The fraction of sp³-hybridized carbons (Fsp3) is 1.00. The van der Waals surface area contributed by atoms with Crippen LogP contribution in [-0.4, -0.2) is 154 Å². The Morgan fingerprint density at radius 3 is 2.17 bits per heavy atom. The molecule has 40 heavy (non-hydrogen) atoms. The number of aliphatic hydroxyl groups is 7. The van der Waals surface area contributed by atoms with Crippen molar-refractivity contribution in [3.8, 4) is 0 Å². The molecule has 1 saturated carbocycles. The van der Waals surface area contributed by atoms with E-state index in [1.165, 1.54) is 0 Å². The van der Waals surface area contributed by atoms with Gasteiger partial charge in [0.15, 0.2) is 12.6 Å². The Balaban J connectivity index is 1.76. The molecule has 16 nitrogen and oxygen atoms in total. The van der Waals surface area contributed by atoms with E-state index in [0.29, 0.717) is 19.4 Å². The zero-order valence-electron chi connectivity index (χ0n) is 22.6. The van der Waals surface area contributed by atoms with Crippen LogP contribution in [0.5, 0.6) is 0 Å². The van der Waals surface area contributed by atoms with Gasteiger partial charge < -0.3 is 82.9 Å². The molecule has 0 aromatic rings. The van der Waals surface area contributed by atoms with E-state index >= 15 is 0 Å². The van der Waals surface area contributed by atoms with Gasteiger partial charge in [0, 0.05) is 25.7 Å². The van der Waals surface area contributed by atoms with E-state index in [1.54, 1.807) is 0 Å². The molecule has 236 valence electrons. The third kappa shape index (κ3) is 8.25. The molecule has 1 unspecified atom stereocenters. The first-order valence-electron chi connectivity index (χ1n) is 13.9. The molecule has 0 aromatic carbocycles. The van der Waals surface area contributed by atoms with Gasteiger partial charge in [0.05, 0.1) is 49.7 Å². The predicted octanol–water partition coefficient (Wildman–Crippen LogP) is -6.28. The molecule has 3 fully saturated rings. The van der Waals surface area contributed by atoms with Crippen LogP contribution in [-0.2, 0) is 18.9 Å². The van der Waals surface area contributed by atoms with Gasteiger partial charge in [-0.2, -0.15) is 0 Å². The lowest BCUT2D eigenvalue weighted by molar-refractivity contribution is -0.320. The summed E-state index contributed by atoms with van der Waals surface area (Å²) in [6.45, 7) is -0.0689. The smallest absolute Gasteiger partial charge is 0.186 e. The highest BCUT2D eigenvalue weighted by atomic mass is 16.7. The maximum atomic E-state index is 11.5. The van der Waals surface area contributed by atoms with E-state index in [0.717, 1.165) is 0 Å². The van der Waals surface area contributed by atoms with Gasteiger partial charge in [-0.1, -0.05) is 0 Å². The lowest BCUT2D eigenvalue weighted by Crippen LogP contribution is -2.66. The standard InChI is InChI=1S/C24H49N5O11/c25-7-11(32)2-1-10-5-12(26)22(40-23-13(27)6-14(33)15(37-23)8-29-3-4-30)20(36)21(10)39-24-19(35)17(28)18(34)16(9-31)38-24/h10-24,29-36H,1-9,25-28H2/t10-,11?,12+,13-,14+,15-,16-,17+,18-,19-,20-,21+,22-,23-,24-/m1/s1. The Bertz CT molecular complexity index is 745. The quantitative estimate of drug-likeness (QED) is 0.0897. The molecule has 16 heteroatoms. The van der Waals surface area contributed by atoms with Gasteiger partial charge in [0.1, 0.15) is 30.5 Å².